The van der Waals surface area contributed by atoms with Gasteiger partial charge in [0.05, 0.1) is 20.3 Å². The molecule has 5 nitrogen and oxygen atoms in total. The Morgan fingerprint density at radius 3 is 2.32 bits per heavy atom. The third-order valence-corrected chi connectivity index (χ3v) is 5.29. The molecule has 0 spiro atoms. The van der Waals surface area contributed by atoms with Gasteiger partial charge in [-0.2, -0.15) is 4.31 Å². The largest absolute Gasteiger partial charge is 0.495 e. The Morgan fingerprint density at radius 2 is 1.74 bits per heavy atom. The summed E-state index contributed by atoms with van der Waals surface area (Å²) in [4.78, 5) is 0.236. The summed E-state index contributed by atoms with van der Waals surface area (Å²) in [5, 5.41) is 0. The van der Waals surface area contributed by atoms with Crippen molar-refractivity contribution >= 4 is 10.0 Å². The van der Waals surface area contributed by atoms with E-state index in [2.05, 4.69) is 0 Å². The predicted molar refractivity (Wildman–Crippen MR) is 72.0 cm³/mol. The quantitative estimate of drug-likeness (QED) is 0.841. The zero-order valence-electron chi connectivity index (χ0n) is 11.5. The Morgan fingerprint density at radius 1 is 1.16 bits per heavy atom. The third-order valence-electron chi connectivity index (χ3n) is 3.37. The molecule has 2 rings (SSSR count). The van der Waals surface area contributed by atoms with Gasteiger partial charge in [0.1, 0.15) is 10.6 Å². The summed E-state index contributed by atoms with van der Waals surface area (Å²) in [6.45, 7) is 5.48. The van der Waals surface area contributed by atoms with Crippen LogP contribution in [0.15, 0.2) is 17.0 Å². The van der Waals surface area contributed by atoms with Crippen LogP contribution in [0.1, 0.15) is 11.1 Å². The van der Waals surface area contributed by atoms with Crippen molar-refractivity contribution in [2.24, 2.45) is 0 Å². The molecule has 1 heterocycles. The summed E-state index contributed by atoms with van der Waals surface area (Å²) in [6.07, 6.45) is 0. The lowest BCUT2D eigenvalue weighted by Gasteiger charge is -2.27. The van der Waals surface area contributed by atoms with E-state index in [1.54, 1.807) is 12.1 Å². The third kappa shape index (κ3) is 2.75. The van der Waals surface area contributed by atoms with E-state index in [0.29, 0.717) is 32.1 Å². The van der Waals surface area contributed by atoms with E-state index in [9.17, 15) is 8.42 Å². The van der Waals surface area contributed by atoms with Gasteiger partial charge in [0.15, 0.2) is 0 Å². The van der Waals surface area contributed by atoms with Crippen LogP contribution < -0.4 is 4.74 Å². The molecular formula is C13H19NO4S. The van der Waals surface area contributed by atoms with Gasteiger partial charge in [-0.3, -0.25) is 0 Å². The molecular weight excluding hydrogens is 266 g/mol. The first-order valence-electron chi connectivity index (χ1n) is 6.20. The smallest absolute Gasteiger partial charge is 0.246 e. The first-order valence-corrected chi connectivity index (χ1v) is 7.64. The minimum Gasteiger partial charge on any atom is -0.495 e. The fraction of sp³-hybridized carbons (Fsp3) is 0.538. The number of rotatable bonds is 3. The van der Waals surface area contributed by atoms with Gasteiger partial charge in [-0.1, -0.05) is 0 Å². The molecule has 1 saturated heterocycles. The van der Waals surface area contributed by atoms with Crippen LogP contribution in [0.5, 0.6) is 5.75 Å². The summed E-state index contributed by atoms with van der Waals surface area (Å²) >= 11 is 0. The summed E-state index contributed by atoms with van der Waals surface area (Å²) in [5.41, 5.74) is 1.95. The lowest BCUT2D eigenvalue weighted by atomic mass is 10.1. The maximum atomic E-state index is 12.6. The van der Waals surface area contributed by atoms with Gasteiger partial charge in [0, 0.05) is 13.1 Å². The Hall–Kier alpha value is -1.11. The lowest BCUT2D eigenvalue weighted by Crippen LogP contribution is -2.40. The molecule has 1 aromatic rings. The number of aryl methyl sites for hydroxylation is 2. The molecule has 106 valence electrons. The van der Waals surface area contributed by atoms with Gasteiger partial charge in [-0.15, -0.1) is 0 Å². The van der Waals surface area contributed by atoms with Crippen LogP contribution in [0.25, 0.3) is 0 Å². The fourth-order valence-electron chi connectivity index (χ4n) is 2.05. The zero-order valence-corrected chi connectivity index (χ0v) is 12.3. The minimum absolute atomic E-state index is 0.236. The maximum Gasteiger partial charge on any atom is 0.246 e. The van der Waals surface area contributed by atoms with Crippen LogP contribution in [0.2, 0.25) is 0 Å². The SMILES string of the molecule is COc1cc(C)c(C)cc1S(=O)(=O)N1CCOCC1. The fourth-order valence-corrected chi connectivity index (χ4v) is 3.68. The van der Waals surface area contributed by atoms with Crippen LogP contribution >= 0.6 is 0 Å². The Kier molecular flexibility index (Phi) is 4.13. The number of morpholine rings is 1. The summed E-state index contributed by atoms with van der Waals surface area (Å²) < 4.78 is 37.1. The van der Waals surface area contributed by atoms with E-state index < -0.39 is 10.0 Å². The molecule has 6 heteroatoms. The molecule has 0 radical (unpaired) electrons. The van der Waals surface area contributed by atoms with Gasteiger partial charge in [0.25, 0.3) is 0 Å². The van der Waals surface area contributed by atoms with Crippen molar-refractivity contribution < 1.29 is 17.9 Å². The number of hydrogen-bond donors (Lipinski definition) is 0. The second-order valence-electron chi connectivity index (χ2n) is 4.60. The van der Waals surface area contributed by atoms with Gasteiger partial charge >= 0.3 is 0 Å². The van der Waals surface area contributed by atoms with Crippen LogP contribution in [0.3, 0.4) is 0 Å². The zero-order chi connectivity index (χ0) is 14.0. The molecule has 0 bridgehead atoms. The normalized spacial score (nSPS) is 17.4. The van der Waals surface area contributed by atoms with Gasteiger partial charge < -0.3 is 9.47 Å². The van der Waals surface area contributed by atoms with Crippen molar-refractivity contribution in [1.82, 2.24) is 4.31 Å². The maximum absolute atomic E-state index is 12.6. The number of ether oxygens (including phenoxy) is 2. The van der Waals surface area contributed by atoms with Crippen molar-refractivity contribution in [3.8, 4) is 5.75 Å². The number of hydrogen-bond acceptors (Lipinski definition) is 4. The topological polar surface area (TPSA) is 55.8 Å². The van der Waals surface area contributed by atoms with Crippen LogP contribution in [0.4, 0.5) is 0 Å². The number of nitrogens with zero attached hydrogens (tertiary/aromatic N) is 1. The predicted octanol–water partition coefficient (Wildman–Crippen LogP) is 1.33. The van der Waals surface area contributed by atoms with Crippen molar-refractivity contribution in [2.45, 2.75) is 18.7 Å². The molecule has 0 aromatic heterocycles. The van der Waals surface area contributed by atoms with Gasteiger partial charge in [0.2, 0.25) is 10.0 Å². The molecule has 0 amide bonds. The second-order valence-corrected chi connectivity index (χ2v) is 6.51. The van der Waals surface area contributed by atoms with E-state index in [-0.39, 0.29) is 4.90 Å². The van der Waals surface area contributed by atoms with Crippen molar-refractivity contribution in [1.29, 1.82) is 0 Å². The summed E-state index contributed by atoms with van der Waals surface area (Å²) in [7, 11) is -2.03. The highest BCUT2D eigenvalue weighted by atomic mass is 32.2. The Balaban J connectivity index is 2.47. The molecule has 1 fully saturated rings. The first-order chi connectivity index (χ1) is 8.96. The van der Waals surface area contributed by atoms with E-state index in [4.69, 9.17) is 9.47 Å². The van der Waals surface area contributed by atoms with Crippen LogP contribution in [0, 0.1) is 13.8 Å². The number of sulfonamides is 1. The highest BCUT2D eigenvalue weighted by molar-refractivity contribution is 7.89. The van der Waals surface area contributed by atoms with Crippen LogP contribution in [-0.4, -0.2) is 46.1 Å². The Labute approximate surface area is 114 Å². The molecule has 1 aliphatic rings. The number of benzene rings is 1. The molecule has 0 aliphatic carbocycles. The average Bonchev–Trinajstić information content (AvgIpc) is 2.42. The standard InChI is InChI=1S/C13H19NO4S/c1-10-8-12(17-3)13(9-11(10)2)19(15,16)14-4-6-18-7-5-14/h8-9H,4-7H2,1-3H3. The van der Waals surface area contributed by atoms with Crippen LogP contribution in [-0.2, 0) is 14.8 Å². The van der Waals surface area contributed by atoms with Crippen molar-refractivity contribution in [2.75, 3.05) is 33.4 Å². The van der Waals surface area contributed by atoms with Gasteiger partial charge in [-0.25, -0.2) is 8.42 Å². The molecule has 0 N–H and O–H groups in total. The Bertz CT molecular complexity index is 562. The lowest BCUT2D eigenvalue weighted by molar-refractivity contribution is 0.0729. The highest BCUT2D eigenvalue weighted by Gasteiger charge is 2.29. The molecule has 0 unspecified atom stereocenters. The molecule has 0 saturated carbocycles. The molecule has 19 heavy (non-hydrogen) atoms. The molecule has 1 aromatic carbocycles. The van der Waals surface area contributed by atoms with E-state index >= 15 is 0 Å². The van der Waals surface area contributed by atoms with E-state index in [1.165, 1.54) is 11.4 Å². The van der Waals surface area contributed by atoms with E-state index in [0.717, 1.165) is 11.1 Å². The summed E-state index contributed by atoms with van der Waals surface area (Å²) in [5.74, 6) is 0.398. The highest BCUT2D eigenvalue weighted by Crippen LogP contribution is 2.30. The van der Waals surface area contributed by atoms with Gasteiger partial charge in [-0.05, 0) is 37.1 Å². The second kappa shape index (κ2) is 5.48. The minimum atomic E-state index is -3.52. The van der Waals surface area contributed by atoms with Crippen molar-refractivity contribution in [3.05, 3.63) is 23.3 Å². The molecule has 0 atom stereocenters. The van der Waals surface area contributed by atoms with Crippen molar-refractivity contribution in [3.63, 3.8) is 0 Å². The average molecular weight is 285 g/mol. The summed E-state index contributed by atoms with van der Waals surface area (Å²) in [6, 6.07) is 3.45. The monoisotopic (exact) mass is 285 g/mol. The molecule has 1 aliphatic heterocycles. The number of methoxy groups -OCH3 is 1. The first kappa shape index (κ1) is 14.3. The van der Waals surface area contributed by atoms with E-state index in [1.807, 2.05) is 13.8 Å².